The fourth-order valence-electron chi connectivity index (χ4n) is 4.28. The molecule has 0 aliphatic carbocycles. The van der Waals surface area contributed by atoms with Gasteiger partial charge in [-0.15, -0.1) is 0 Å². The zero-order valence-electron chi connectivity index (χ0n) is 22.4. The van der Waals surface area contributed by atoms with Crippen LogP contribution in [0.3, 0.4) is 0 Å². The molecular weight excluding hydrogens is 519 g/mol. The van der Waals surface area contributed by atoms with Gasteiger partial charge in [0.2, 0.25) is 11.9 Å². The molecule has 2 heterocycles. The molecule has 2 aromatic carbocycles. The van der Waals surface area contributed by atoms with Crippen molar-refractivity contribution in [1.29, 1.82) is 0 Å². The molecule has 0 atom stereocenters. The summed E-state index contributed by atoms with van der Waals surface area (Å²) in [6, 6.07) is 7.91. The van der Waals surface area contributed by atoms with Crippen LogP contribution < -0.4 is 10.6 Å². The van der Waals surface area contributed by atoms with Crippen LogP contribution in [0.2, 0.25) is 5.02 Å². The van der Waals surface area contributed by atoms with Crippen LogP contribution in [-0.2, 0) is 9.53 Å². The lowest BCUT2D eigenvalue weighted by atomic mass is 10.0. The number of rotatable bonds is 8. The predicted molar refractivity (Wildman–Crippen MR) is 154 cm³/mol. The Hall–Kier alpha value is -3.55. The highest BCUT2D eigenvalue weighted by atomic mass is 35.5. The number of hydrogen-bond acceptors (Lipinski definition) is 7. The number of methoxy groups -OCH3 is 1. The molecular formula is C29H32ClFN6O2. The van der Waals surface area contributed by atoms with Gasteiger partial charge in [-0.2, -0.15) is 0 Å². The van der Waals surface area contributed by atoms with Crippen LogP contribution >= 0.6 is 11.6 Å². The number of carbonyl (C=O) groups is 1. The van der Waals surface area contributed by atoms with E-state index in [4.69, 9.17) is 16.3 Å². The van der Waals surface area contributed by atoms with Crippen molar-refractivity contribution >= 4 is 45.7 Å². The minimum Gasteiger partial charge on any atom is -0.383 e. The first-order valence-corrected chi connectivity index (χ1v) is 13.0. The van der Waals surface area contributed by atoms with Gasteiger partial charge in [-0.1, -0.05) is 30.0 Å². The number of fused-ring (bicyclic) bond motifs is 1. The Balaban J connectivity index is 1.61. The Morgan fingerprint density at radius 1 is 1.26 bits per heavy atom. The number of nitrogens with one attached hydrogen (secondary N) is 2. The molecule has 1 fully saturated rings. The molecule has 10 heteroatoms. The fraction of sp³-hybridized carbons (Fsp3) is 0.345. The average molecular weight is 551 g/mol. The van der Waals surface area contributed by atoms with Gasteiger partial charge >= 0.3 is 0 Å². The van der Waals surface area contributed by atoms with Crippen LogP contribution in [0.5, 0.6) is 0 Å². The first kappa shape index (κ1) is 28.5. The van der Waals surface area contributed by atoms with Crippen LogP contribution in [0.4, 0.5) is 21.7 Å². The van der Waals surface area contributed by atoms with Crippen molar-refractivity contribution in [2.75, 3.05) is 57.1 Å². The Bertz CT molecular complexity index is 1430. The van der Waals surface area contributed by atoms with Gasteiger partial charge in [0.15, 0.2) is 0 Å². The predicted octanol–water partition coefficient (Wildman–Crippen LogP) is 4.68. The van der Waals surface area contributed by atoms with E-state index in [0.29, 0.717) is 33.8 Å². The highest BCUT2D eigenvalue weighted by Crippen LogP contribution is 2.26. The fourth-order valence-corrected chi connectivity index (χ4v) is 4.46. The van der Waals surface area contributed by atoms with E-state index >= 15 is 0 Å². The summed E-state index contributed by atoms with van der Waals surface area (Å²) >= 11 is 5.90. The molecule has 1 aromatic heterocycles. The van der Waals surface area contributed by atoms with E-state index in [1.54, 1.807) is 25.4 Å². The van der Waals surface area contributed by atoms with Gasteiger partial charge < -0.3 is 15.4 Å². The number of aromatic nitrogens is 2. The first-order valence-electron chi connectivity index (χ1n) is 12.6. The SMILES string of the molecule is C=CC(=O)Nc1cc2cnc(Nc3ccc(F)c(Cl)c3)nc2cc1C#CC(C)(C)N1CCN(CCOC)CC1. The number of piperazine rings is 1. The topological polar surface area (TPSA) is 82.6 Å². The quantitative estimate of drug-likeness (QED) is 0.311. The summed E-state index contributed by atoms with van der Waals surface area (Å²) in [5, 5.41) is 6.61. The highest BCUT2D eigenvalue weighted by molar-refractivity contribution is 6.31. The zero-order valence-corrected chi connectivity index (χ0v) is 23.1. The Labute approximate surface area is 233 Å². The lowest BCUT2D eigenvalue weighted by Gasteiger charge is -2.41. The monoisotopic (exact) mass is 550 g/mol. The van der Waals surface area contributed by atoms with Crippen LogP contribution in [0, 0.1) is 17.7 Å². The number of amides is 1. The molecule has 39 heavy (non-hydrogen) atoms. The summed E-state index contributed by atoms with van der Waals surface area (Å²) in [6.07, 6.45) is 2.86. The smallest absolute Gasteiger partial charge is 0.247 e. The summed E-state index contributed by atoms with van der Waals surface area (Å²) < 4.78 is 18.7. The molecule has 0 bridgehead atoms. The Morgan fingerprint density at radius 2 is 2.03 bits per heavy atom. The van der Waals surface area contributed by atoms with Crippen LogP contribution in [-0.4, -0.2) is 77.7 Å². The molecule has 2 N–H and O–H groups in total. The molecule has 0 unspecified atom stereocenters. The normalized spacial score (nSPS) is 14.5. The number of carbonyl (C=O) groups excluding carboxylic acids is 1. The lowest BCUT2D eigenvalue weighted by Crippen LogP contribution is -2.54. The molecule has 1 aliphatic heterocycles. The highest BCUT2D eigenvalue weighted by Gasteiger charge is 2.28. The zero-order chi connectivity index (χ0) is 28.0. The second kappa shape index (κ2) is 12.5. The summed E-state index contributed by atoms with van der Waals surface area (Å²) in [6.45, 7) is 13.1. The van der Waals surface area contributed by atoms with Gasteiger partial charge in [0.25, 0.3) is 0 Å². The summed E-state index contributed by atoms with van der Waals surface area (Å²) in [7, 11) is 1.72. The Kier molecular flexibility index (Phi) is 9.15. The van der Waals surface area contributed by atoms with Gasteiger partial charge in [-0.3, -0.25) is 14.6 Å². The molecule has 1 aliphatic rings. The average Bonchev–Trinajstić information content (AvgIpc) is 2.93. The maximum atomic E-state index is 13.5. The molecule has 0 saturated carbocycles. The minimum absolute atomic E-state index is 0.0000405. The van der Waals surface area contributed by atoms with Crippen molar-refractivity contribution in [1.82, 2.24) is 19.8 Å². The van der Waals surface area contributed by atoms with Gasteiger partial charge in [-0.05, 0) is 50.3 Å². The van der Waals surface area contributed by atoms with Crippen LogP contribution in [0.1, 0.15) is 19.4 Å². The first-order chi connectivity index (χ1) is 18.7. The molecule has 1 saturated heterocycles. The van der Waals surface area contributed by atoms with E-state index in [1.165, 1.54) is 18.2 Å². The third-order valence-corrected chi connectivity index (χ3v) is 6.91. The van der Waals surface area contributed by atoms with Gasteiger partial charge in [0.05, 0.1) is 33.9 Å². The molecule has 0 radical (unpaired) electrons. The number of nitrogens with zero attached hydrogens (tertiary/aromatic N) is 4. The van der Waals surface area contributed by atoms with Crippen molar-refractivity contribution in [2.24, 2.45) is 0 Å². The largest absolute Gasteiger partial charge is 0.383 e. The second-order valence-electron chi connectivity index (χ2n) is 9.73. The molecule has 4 rings (SSSR count). The van der Waals surface area contributed by atoms with Crippen LogP contribution in [0.25, 0.3) is 10.9 Å². The number of benzene rings is 2. The van der Waals surface area contributed by atoms with E-state index < -0.39 is 5.82 Å². The van der Waals surface area contributed by atoms with E-state index in [0.717, 1.165) is 39.3 Å². The Morgan fingerprint density at radius 3 is 2.72 bits per heavy atom. The summed E-state index contributed by atoms with van der Waals surface area (Å²) in [5.41, 5.74) is 1.97. The third-order valence-electron chi connectivity index (χ3n) is 6.62. The maximum absolute atomic E-state index is 13.5. The van der Waals surface area contributed by atoms with E-state index in [2.05, 4.69) is 62.7 Å². The van der Waals surface area contributed by atoms with E-state index in [1.807, 2.05) is 6.07 Å². The van der Waals surface area contributed by atoms with E-state index in [9.17, 15) is 9.18 Å². The number of hydrogen-bond donors (Lipinski definition) is 2. The second-order valence-corrected chi connectivity index (χ2v) is 10.1. The molecule has 8 nitrogen and oxygen atoms in total. The molecule has 204 valence electrons. The van der Waals surface area contributed by atoms with Gasteiger partial charge in [0.1, 0.15) is 5.82 Å². The van der Waals surface area contributed by atoms with Crippen molar-refractivity contribution < 1.29 is 13.9 Å². The van der Waals surface area contributed by atoms with Gasteiger partial charge in [0, 0.05) is 57.1 Å². The van der Waals surface area contributed by atoms with E-state index in [-0.39, 0.29) is 16.5 Å². The number of halogens is 2. The molecule has 1 amide bonds. The van der Waals surface area contributed by atoms with Crippen molar-refractivity contribution in [3.8, 4) is 11.8 Å². The standard InChI is InChI=1S/C29H32ClFN6O2/c1-5-27(38)34-25-17-21-19-32-28(33-22-6-7-24(31)23(30)18-22)35-26(21)16-20(25)8-9-29(2,3)37-12-10-36(11-13-37)14-15-39-4/h5-7,16-19H,1,10-15H2,2-4H3,(H,34,38)(H,32,33,35). The maximum Gasteiger partial charge on any atom is 0.247 e. The van der Waals surface area contributed by atoms with Gasteiger partial charge in [-0.25, -0.2) is 14.4 Å². The molecule has 3 aromatic rings. The minimum atomic E-state index is -0.505. The summed E-state index contributed by atoms with van der Waals surface area (Å²) in [4.78, 5) is 25.9. The number of ether oxygens (including phenoxy) is 1. The summed E-state index contributed by atoms with van der Waals surface area (Å²) in [5.74, 6) is 6.17. The van der Waals surface area contributed by atoms with Crippen molar-refractivity contribution in [2.45, 2.75) is 19.4 Å². The number of anilines is 3. The van der Waals surface area contributed by atoms with Crippen molar-refractivity contribution in [3.63, 3.8) is 0 Å². The third kappa shape index (κ3) is 7.31. The van der Waals surface area contributed by atoms with Crippen LogP contribution in [0.15, 0.2) is 49.2 Å². The lowest BCUT2D eigenvalue weighted by molar-refractivity contribution is -0.111. The van der Waals surface area contributed by atoms with Crippen molar-refractivity contribution in [3.05, 3.63) is 65.6 Å². The molecule has 0 spiro atoms.